The first-order valence-electron chi connectivity index (χ1n) is 8.42. The van der Waals surface area contributed by atoms with Gasteiger partial charge in [-0.1, -0.05) is 0 Å². The van der Waals surface area contributed by atoms with Crippen molar-refractivity contribution in [1.29, 1.82) is 0 Å². The number of phenols is 1. The van der Waals surface area contributed by atoms with Crippen LogP contribution in [0.15, 0.2) is 51.5 Å². The first kappa shape index (κ1) is 19.6. The minimum absolute atomic E-state index is 0.00714. The zero-order valence-electron chi connectivity index (χ0n) is 15.1. The van der Waals surface area contributed by atoms with E-state index < -0.39 is 5.97 Å². The largest absolute Gasteiger partial charge is 0.503 e. The molecule has 2 N–H and O–H groups in total. The summed E-state index contributed by atoms with van der Waals surface area (Å²) in [6.45, 7) is 3.91. The molecule has 1 amide bonds. The highest BCUT2D eigenvalue weighted by atomic mass is 79.9. The summed E-state index contributed by atoms with van der Waals surface area (Å²) >= 11 is 3.28. The molecule has 0 unspecified atom stereocenters. The molecule has 1 heterocycles. The highest BCUT2D eigenvalue weighted by Gasteiger charge is 2.29. The van der Waals surface area contributed by atoms with Crippen molar-refractivity contribution in [1.82, 2.24) is 0 Å². The lowest BCUT2D eigenvalue weighted by Crippen LogP contribution is -2.21. The lowest BCUT2D eigenvalue weighted by atomic mass is 10.1. The number of carbonyl (C=O) groups is 2. The van der Waals surface area contributed by atoms with Gasteiger partial charge in [-0.05, 0) is 77.8 Å². The minimum Gasteiger partial charge on any atom is -0.503 e. The topological polar surface area (TPSA) is 99.4 Å². The van der Waals surface area contributed by atoms with Gasteiger partial charge in [0.25, 0.3) is 5.91 Å². The van der Waals surface area contributed by atoms with Gasteiger partial charge < -0.3 is 14.9 Å². The number of aromatic carboxylic acids is 1. The second-order valence-electron chi connectivity index (χ2n) is 5.99. The summed E-state index contributed by atoms with van der Waals surface area (Å²) in [4.78, 5) is 23.8. The van der Waals surface area contributed by atoms with Crippen molar-refractivity contribution in [2.24, 2.45) is 5.10 Å². The standard InChI is InChI=1S/C20H17BrN2O5/c1-3-28-17-10-12(9-16(21)18(17)24)8-15-11(2)22-23(19(15)25)14-6-4-13(5-7-14)20(26)27/h4-10,24H,3H2,1-2H3,(H,26,27). The summed E-state index contributed by atoms with van der Waals surface area (Å²) < 4.78 is 5.86. The third kappa shape index (κ3) is 3.77. The van der Waals surface area contributed by atoms with Crippen LogP contribution in [0.4, 0.5) is 5.69 Å². The van der Waals surface area contributed by atoms with Crippen molar-refractivity contribution in [2.75, 3.05) is 11.6 Å². The SMILES string of the molecule is CCOc1cc(C=C2C(=O)N(c3ccc(C(=O)O)cc3)N=C2C)cc(Br)c1O. The van der Waals surface area contributed by atoms with Crippen molar-refractivity contribution < 1.29 is 24.5 Å². The Bertz CT molecular complexity index is 1010. The van der Waals surface area contributed by atoms with E-state index in [1.807, 2.05) is 6.92 Å². The van der Waals surface area contributed by atoms with Crippen LogP contribution in [-0.4, -0.2) is 34.4 Å². The molecule has 0 fully saturated rings. The number of hydrogen-bond acceptors (Lipinski definition) is 5. The molecule has 0 bridgehead atoms. The van der Waals surface area contributed by atoms with Crippen molar-refractivity contribution >= 4 is 45.3 Å². The van der Waals surface area contributed by atoms with E-state index in [9.17, 15) is 14.7 Å². The molecule has 28 heavy (non-hydrogen) atoms. The lowest BCUT2D eigenvalue weighted by molar-refractivity contribution is -0.114. The van der Waals surface area contributed by atoms with Gasteiger partial charge in [0.2, 0.25) is 0 Å². The van der Waals surface area contributed by atoms with E-state index >= 15 is 0 Å². The van der Waals surface area contributed by atoms with Gasteiger partial charge in [-0.15, -0.1) is 0 Å². The van der Waals surface area contributed by atoms with Gasteiger partial charge in [0.15, 0.2) is 11.5 Å². The molecule has 0 saturated heterocycles. The molecule has 3 rings (SSSR count). The number of phenolic OH excluding ortho intramolecular Hbond substituents is 1. The number of carboxylic acids is 1. The van der Waals surface area contributed by atoms with E-state index in [2.05, 4.69) is 21.0 Å². The molecule has 0 radical (unpaired) electrons. The van der Waals surface area contributed by atoms with E-state index in [-0.39, 0.29) is 17.2 Å². The number of rotatable bonds is 5. The predicted octanol–water partition coefficient (Wildman–Crippen LogP) is 4.06. The second kappa shape index (κ2) is 7.85. The summed E-state index contributed by atoms with van der Waals surface area (Å²) in [6, 6.07) is 9.22. The number of hydrazone groups is 1. The molecule has 8 heteroatoms. The van der Waals surface area contributed by atoms with Gasteiger partial charge in [-0.2, -0.15) is 10.1 Å². The third-order valence-corrected chi connectivity index (χ3v) is 4.69. The van der Waals surface area contributed by atoms with Crippen LogP contribution in [0.5, 0.6) is 11.5 Å². The van der Waals surface area contributed by atoms with Crippen LogP contribution >= 0.6 is 15.9 Å². The molecule has 144 valence electrons. The average Bonchev–Trinajstić information content (AvgIpc) is 2.94. The number of amides is 1. The van der Waals surface area contributed by atoms with E-state index in [1.54, 1.807) is 25.1 Å². The number of benzene rings is 2. The Hall–Kier alpha value is -3.13. The molecular formula is C20H17BrN2O5. The maximum atomic E-state index is 12.8. The fourth-order valence-corrected chi connectivity index (χ4v) is 3.17. The quantitative estimate of drug-likeness (QED) is 0.677. The molecule has 1 aliphatic rings. The first-order valence-corrected chi connectivity index (χ1v) is 9.21. The molecule has 0 saturated carbocycles. The molecule has 1 aliphatic heterocycles. The number of carbonyl (C=O) groups excluding carboxylic acids is 1. The van der Waals surface area contributed by atoms with Gasteiger partial charge >= 0.3 is 5.97 Å². The number of carboxylic acid groups (broad SMARTS) is 1. The predicted molar refractivity (Wildman–Crippen MR) is 109 cm³/mol. The molecule has 0 spiro atoms. The number of nitrogens with zero attached hydrogens (tertiary/aromatic N) is 2. The zero-order valence-corrected chi connectivity index (χ0v) is 16.7. The maximum absolute atomic E-state index is 12.8. The molecule has 2 aromatic carbocycles. The van der Waals surface area contributed by atoms with Gasteiger partial charge in [-0.3, -0.25) is 4.79 Å². The Kier molecular flexibility index (Phi) is 5.51. The van der Waals surface area contributed by atoms with Crippen molar-refractivity contribution in [3.05, 3.63) is 57.6 Å². The normalized spacial score (nSPS) is 15.1. The van der Waals surface area contributed by atoms with Crippen molar-refractivity contribution in [3.63, 3.8) is 0 Å². The zero-order chi connectivity index (χ0) is 20.4. The fourth-order valence-electron chi connectivity index (χ4n) is 2.71. The van der Waals surface area contributed by atoms with E-state index in [0.29, 0.717) is 39.4 Å². The van der Waals surface area contributed by atoms with Gasteiger partial charge in [-0.25, -0.2) is 4.79 Å². The summed E-state index contributed by atoms with van der Waals surface area (Å²) in [6.07, 6.45) is 1.67. The third-order valence-electron chi connectivity index (χ3n) is 4.08. The second-order valence-corrected chi connectivity index (χ2v) is 6.85. The van der Waals surface area contributed by atoms with Gasteiger partial charge in [0.1, 0.15) is 0 Å². The number of hydrogen-bond donors (Lipinski definition) is 2. The smallest absolute Gasteiger partial charge is 0.335 e. The molecule has 7 nitrogen and oxygen atoms in total. The van der Waals surface area contributed by atoms with Gasteiger partial charge in [0, 0.05) is 0 Å². The fraction of sp³-hybridized carbons (Fsp3) is 0.150. The summed E-state index contributed by atoms with van der Waals surface area (Å²) in [7, 11) is 0. The molecular weight excluding hydrogens is 428 g/mol. The Morgan fingerprint density at radius 2 is 1.96 bits per heavy atom. The Morgan fingerprint density at radius 1 is 1.29 bits per heavy atom. The number of ether oxygens (including phenoxy) is 1. The Balaban J connectivity index is 1.93. The van der Waals surface area contributed by atoms with E-state index in [0.717, 1.165) is 0 Å². The average molecular weight is 445 g/mol. The maximum Gasteiger partial charge on any atom is 0.335 e. The minimum atomic E-state index is -1.04. The lowest BCUT2D eigenvalue weighted by Gasteiger charge is -2.12. The van der Waals surface area contributed by atoms with Gasteiger partial charge in [0.05, 0.1) is 33.6 Å². The van der Waals surface area contributed by atoms with Crippen molar-refractivity contribution in [3.8, 4) is 11.5 Å². The summed E-state index contributed by atoms with van der Waals surface area (Å²) in [5.41, 5.74) is 2.18. The van der Waals surface area contributed by atoms with Crippen LogP contribution < -0.4 is 9.75 Å². The van der Waals surface area contributed by atoms with E-state index in [1.165, 1.54) is 29.3 Å². The first-order chi connectivity index (χ1) is 13.3. The van der Waals surface area contributed by atoms with Crippen LogP contribution in [0.25, 0.3) is 6.08 Å². The molecule has 0 atom stereocenters. The Morgan fingerprint density at radius 3 is 2.57 bits per heavy atom. The molecule has 2 aromatic rings. The van der Waals surface area contributed by atoms with Crippen LogP contribution in [0.3, 0.4) is 0 Å². The van der Waals surface area contributed by atoms with Crippen LogP contribution in [0.1, 0.15) is 29.8 Å². The highest BCUT2D eigenvalue weighted by molar-refractivity contribution is 9.10. The van der Waals surface area contributed by atoms with Crippen LogP contribution in [0.2, 0.25) is 0 Å². The highest BCUT2D eigenvalue weighted by Crippen LogP contribution is 2.36. The molecule has 0 aliphatic carbocycles. The van der Waals surface area contributed by atoms with E-state index in [4.69, 9.17) is 9.84 Å². The van der Waals surface area contributed by atoms with Crippen LogP contribution in [-0.2, 0) is 4.79 Å². The number of halogens is 1. The monoisotopic (exact) mass is 444 g/mol. The Labute approximate surface area is 169 Å². The number of aromatic hydroxyl groups is 1. The molecule has 0 aromatic heterocycles. The van der Waals surface area contributed by atoms with Crippen molar-refractivity contribution in [2.45, 2.75) is 13.8 Å². The summed E-state index contributed by atoms with van der Waals surface area (Å²) in [5, 5.41) is 24.5. The van der Waals surface area contributed by atoms with Crippen LogP contribution in [0, 0.1) is 0 Å². The summed E-state index contributed by atoms with van der Waals surface area (Å²) in [5.74, 6) is -1.07. The number of anilines is 1.